The maximum atomic E-state index is 11.9. The van der Waals surface area contributed by atoms with Gasteiger partial charge in [0.15, 0.2) is 0 Å². The number of hydrogen-bond acceptors (Lipinski definition) is 5. The van der Waals surface area contributed by atoms with E-state index in [0.717, 1.165) is 6.42 Å². The minimum Gasteiger partial charge on any atom is -0.465 e. The van der Waals surface area contributed by atoms with Gasteiger partial charge in [0.1, 0.15) is 0 Å². The number of carbonyl (C=O) groups is 2. The SMILES string of the molecule is COC(=O)c1cc(B2OC(C)(C)C(C)(C)O2)ccc1NC(=O)O.[CH2-]CC.[Ce]. The summed E-state index contributed by atoms with van der Waals surface area (Å²) in [6.45, 7) is 13.2. The Morgan fingerprint density at radius 1 is 1.22 bits per heavy atom. The van der Waals surface area contributed by atoms with Gasteiger partial charge >= 0.3 is 19.2 Å². The predicted octanol–water partition coefficient (Wildman–Crippen LogP) is 3.09. The van der Waals surface area contributed by atoms with Crippen molar-refractivity contribution >= 4 is 30.3 Å². The molecule has 0 aromatic heterocycles. The van der Waals surface area contributed by atoms with Crippen LogP contribution in [0.4, 0.5) is 10.5 Å². The summed E-state index contributed by atoms with van der Waals surface area (Å²) in [5.41, 5.74) is -0.172. The molecule has 1 saturated heterocycles. The second-order valence-electron chi connectivity index (χ2n) is 6.82. The fraction of sp³-hybridized carbons (Fsp3) is 0.500. The van der Waals surface area contributed by atoms with Crippen LogP contribution in [-0.4, -0.2) is 42.6 Å². The van der Waals surface area contributed by atoms with Gasteiger partial charge in [-0.25, -0.2) is 9.59 Å². The van der Waals surface area contributed by atoms with Crippen LogP contribution in [0.1, 0.15) is 51.4 Å². The first-order valence-corrected chi connectivity index (χ1v) is 8.36. The fourth-order valence-electron chi connectivity index (χ4n) is 2.19. The van der Waals surface area contributed by atoms with Gasteiger partial charge in [-0.05, 0) is 45.3 Å². The molecule has 9 heteroatoms. The Hall–Kier alpha value is -0.678. The first kappa shape index (κ1) is 26.3. The molecule has 1 heterocycles. The van der Waals surface area contributed by atoms with Gasteiger partial charge in [0.05, 0.1) is 29.6 Å². The van der Waals surface area contributed by atoms with Crippen molar-refractivity contribution in [3.8, 4) is 0 Å². The summed E-state index contributed by atoms with van der Waals surface area (Å²) in [5.74, 6) is -0.646. The first-order valence-electron chi connectivity index (χ1n) is 8.36. The van der Waals surface area contributed by atoms with Crippen molar-refractivity contribution in [2.75, 3.05) is 12.4 Å². The maximum Gasteiger partial charge on any atom is 0.494 e. The number of benzene rings is 1. The van der Waals surface area contributed by atoms with Crippen LogP contribution in [-0.2, 0) is 14.0 Å². The number of hydrogen-bond donors (Lipinski definition) is 2. The molecular weight excluding hydrogens is 477 g/mol. The first-order chi connectivity index (χ1) is 12.0. The Labute approximate surface area is 195 Å². The standard InChI is InChI=1S/C15H20BNO6.C3H7.Ce/c1-14(2)15(3,4)23-16(22-14)9-6-7-11(17-13(19)20)10(8-9)12(18)21-5;1-3-2;/h6-8,17H,1-5H3,(H,19,20);1,3H2,2H3;/q;-1;. The fourth-order valence-corrected chi connectivity index (χ4v) is 2.19. The molecule has 0 atom stereocenters. The number of anilines is 1. The number of amides is 1. The van der Waals surface area contributed by atoms with Gasteiger partial charge in [0.25, 0.3) is 0 Å². The van der Waals surface area contributed by atoms with Gasteiger partial charge < -0.3 is 26.1 Å². The molecule has 0 unspecified atom stereocenters. The zero-order valence-electron chi connectivity index (χ0n) is 16.7. The monoisotopic (exact) mass is 504 g/mol. The van der Waals surface area contributed by atoms with Crippen molar-refractivity contribution < 1.29 is 70.5 Å². The summed E-state index contributed by atoms with van der Waals surface area (Å²) in [6, 6.07) is 4.65. The number of rotatable bonds is 3. The van der Waals surface area contributed by atoms with Gasteiger partial charge in [-0.3, -0.25) is 5.32 Å². The Morgan fingerprint density at radius 2 is 1.70 bits per heavy atom. The molecule has 1 aromatic carbocycles. The van der Waals surface area contributed by atoms with Crippen molar-refractivity contribution in [3.05, 3.63) is 30.7 Å². The summed E-state index contributed by atoms with van der Waals surface area (Å²) in [5, 5.41) is 11.0. The molecule has 1 aliphatic heterocycles. The Morgan fingerprint density at radius 3 is 2.11 bits per heavy atom. The molecule has 0 spiro atoms. The van der Waals surface area contributed by atoms with E-state index in [1.807, 2.05) is 34.6 Å². The zero-order chi connectivity index (χ0) is 20.1. The molecule has 0 bridgehead atoms. The molecule has 2 N–H and O–H groups in total. The summed E-state index contributed by atoms with van der Waals surface area (Å²) >= 11 is 0. The number of carboxylic acid groups (broad SMARTS) is 1. The molecule has 1 amide bonds. The van der Waals surface area contributed by atoms with Crippen LogP contribution < -0.4 is 10.8 Å². The van der Waals surface area contributed by atoms with Crippen LogP contribution in [0.2, 0.25) is 0 Å². The molecule has 148 valence electrons. The number of nitrogens with one attached hydrogen (secondary N) is 1. The summed E-state index contributed by atoms with van der Waals surface area (Å²) < 4.78 is 16.6. The maximum absolute atomic E-state index is 11.9. The summed E-state index contributed by atoms with van der Waals surface area (Å²) in [7, 11) is 0.580. The minimum absolute atomic E-state index is 0. The van der Waals surface area contributed by atoms with Crippen molar-refractivity contribution in [3.63, 3.8) is 0 Å². The van der Waals surface area contributed by atoms with E-state index in [2.05, 4.69) is 12.2 Å². The Kier molecular flexibility index (Phi) is 10.5. The second kappa shape index (κ2) is 10.8. The third-order valence-electron chi connectivity index (χ3n) is 4.22. The number of ether oxygens (including phenoxy) is 1. The van der Waals surface area contributed by atoms with Crippen molar-refractivity contribution in [2.24, 2.45) is 0 Å². The van der Waals surface area contributed by atoms with Gasteiger partial charge in [-0.15, -0.1) is 0 Å². The van der Waals surface area contributed by atoms with E-state index in [9.17, 15) is 9.59 Å². The van der Waals surface area contributed by atoms with Gasteiger partial charge in [-0.1, -0.05) is 13.0 Å². The molecule has 1 fully saturated rings. The van der Waals surface area contributed by atoms with E-state index >= 15 is 0 Å². The van der Waals surface area contributed by atoms with Crippen LogP contribution in [0.5, 0.6) is 0 Å². The van der Waals surface area contributed by atoms with Crippen LogP contribution >= 0.6 is 0 Å². The summed E-state index contributed by atoms with van der Waals surface area (Å²) in [6.07, 6.45) is -0.265. The van der Waals surface area contributed by atoms with E-state index in [1.165, 1.54) is 19.2 Å². The molecule has 2 rings (SSSR count). The average molecular weight is 504 g/mol. The third-order valence-corrected chi connectivity index (χ3v) is 4.22. The zero-order valence-corrected chi connectivity index (χ0v) is 19.9. The number of esters is 1. The molecule has 1 aliphatic rings. The van der Waals surface area contributed by atoms with Crippen LogP contribution in [0.15, 0.2) is 18.2 Å². The van der Waals surface area contributed by atoms with Crippen LogP contribution in [0, 0.1) is 48.7 Å². The molecule has 0 radical (unpaired) electrons. The number of carbonyl (C=O) groups excluding carboxylic acids is 1. The largest absolute Gasteiger partial charge is 0.494 e. The van der Waals surface area contributed by atoms with E-state index in [-0.39, 0.29) is 53.0 Å². The normalized spacial score (nSPS) is 16.5. The van der Waals surface area contributed by atoms with E-state index in [1.54, 1.807) is 6.07 Å². The Balaban J connectivity index is 0.00000158. The van der Waals surface area contributed by atoms with Gasteiger partial charge in [-0.2, -0.15) is 6.42 Å². The molecule has 0 aliphatic carbocycles. The number of methoxy groups -OCH3 is 1. The van der Waals surface area contributed by atoms with E-state index < -0.39 is 30.4 Å². The van der Waals surface area contributed by atoms with E-state index in [4.69, 9.17) is 19.2 Å². The molecular formula is C18H27BCeNO6-. The second-order valence-corrected chi connectivity index (χ2v) is 6.82. The van der Waals surface area contributed by atoms with Crippen molar-refractivity contribution in [2.45, 2.75) is 52.2 Å². The average Bonchev–Trinajstić information content (AvgIpc) is 2.75. The van der Waals surface area contributed by atoms with Gasteiger partial charge in [0, 0.05) is 41.7 Å². The topological polar surface area (TPSA) is 94.1 Å². The third kappa shape index (κ3) is 6.70. The van der Waals surface area contributed by atoms with Crippen molar-refractivity contribution in [1.29, 1.82) is 0 Å². The molecule has 27 heavy (non-hydrogen) atoms. The van der Waals surface area contributed by atoms with E-state index in [0.29, 0.717) is 5.46 Å². The Bertz CT molecular complexity index is 649. The smallest absolute Gasteiger partial charge is 0.465 e. The van der Waals surface area contributed by atoms with Crippen molar-refractivity contribution in [1.82, 2.24) is 0 Å². The molecule has 1 aromatic rings. The predicted molar refractivity (Wildman–Crippen MR) is 101 cm³/mol. The van der Waals surface area contributed by atoms with Crippen LogP contribution in [0.3, 0.4) is 0 Å². The minimum atomic E-state index is -1.27. The van der Waals surface area contributed by atoms with Gasteiger partial charge in [0.2, 0.25) is 0 Å². The quantitative estimate of drug-likeness (QED) is 0.374. The van der Waals surface area contributed by atoms with Crippen LogP contribution in [0.25, 0.3) is 0 Å². The summed E-state index contributed by atoms with van der Waals surface area (Å²) in [4.78, 5) is 22.7. The molecule has 7 nitrogen and oxygen atoms in total. The molecule has 0 saturated carbocycles.